The van der Waals surface area contributed by atoms with Crippen LogP contribution in [0.15, 0.2) is 24.3 Å². The number of carbonyl (C=O) groups excluding carboxylic acids is 1. The molecule has 1 aromatic carbocycles. The molecule has 1 amide bonds. The molecule has 1 saturated carbocycles. The van der Waals surface area contributed by atoms with Crippen LogP contribution in [0.2, 0.25) is 0 Å². The van der Waals surface area contributed by atoms with Gasteiger partial charge in [0.2, 0.25) is 0 Å². The van der Waals surface area contributed by atoms with Crippen molar-refractivity contribution >= 4 is 6.09 Å². The minimum atomic E-state index is -4.41. The van der Waals surface area contributed by atoms with E-state index in [4.69, 9.17) is 9.47 Å². The van der Waals surface area contributed by atoms with Crippen LogP contribution in [0.25, 0.3) is 0 Å². The lowest BCUT2D eigenvalue weighted by Crippen LogP contribution is -2.42. The minimum Gasteiger partial charge on any atom is -0.410 e. The molecule has 5 nitrogen and oxygen atoms in total. The number of hydrogen-bond acceptors (Lipinski definition) is 4. The van der Waals surface area contributed by atoms with Crippen LogP contribution in [0, 0.1) is 0 Å². The smallest absolute Gasteiger partial charge is 0.410 e. The van der Waals surface area contributed by atoms with Crippen molar-refractivity contribution in [3.63, 3.8) is 0 Å². The lowest BCUT2D eigenvalue weighted by molar-refractivity contribution is -0.137. The predicted octanol–water partition coefficient (Wildman–Crippen LogP) is 5.59. The Balaban J connectivity index is 1.66. The molecule has 1 fully saturated rings. The molecule has 1 aliphatic carbocycles. The topological polar surface area (TPSA) is 42.0 Å². The van der Waals surface area contributed by atoms with Gasteiger partial charge in [-0.3, -0.25) is 0 Å². The zero-order chi connectivity index (χ0) is 22.9. The monoisotopic (exact) mass is 444 g/mol. The van der Waals surface area contributed by atoms with Gasteiger partial charge in [0, 0.05) is 19.7 Å². The molecule has 176 valence electrons. The summed E-state index contributed by atoms with van der Waals surface area (Å²) in [6, 6.07) is 4.20. The Morgan fingerprint density at radius 2 is 1.68 bits per heavy atom. The molecule has 0 aromatic heterocycles. The van der Waals surface area contributed by atoms with Gasteiger partial charge in [-0.15, -0.1) is 0 Å². The van der Waals surface area contributed by atoms with Gasteiger partial charge in [0.05, 0.1) is 11.7 Å². The summed E-state index contributed by atoms with van der Waals surface area (Å²) in [6.45, 7) is 5.17. The van der Waals surface area contributed by atoms with E-state index < -0.39 is 17.8 Å². The van der Waals surface area contributed by atoms with Gasteiger partial charge in [-0.1, -0.05) is 6.92 Å². The number of benzene rings is 1. The predicted molar refractivity (Wildman–Crippen MR) is 114 cm³/mol. The number of rotatable bonds is 10. The van der Waals surface area contributed by atoms with E-state index in [0.29, 0.717) is 0 Å². The maximum Gasteiger partial charge on any atom is 0.416 e. The highest BCUT2D eigenvalue weighted by Crippen LogP contribution is 2.30. The van der Waals surface area contributed by atoms with Crippen LogP contribution in [0.1, 0.15) is 57.4 Å². The second kappa shape index (κ2) is 12.3. The molecule has 0 saturated heterocycles. The van der Waals surface area contributed by atoms with Gasteiger partial charge >= 0.3 is 12.3 Å². The van der Waals surface area contributed by atoms with Gasteiger partial charge < -0.3 is 19.3 Å². The van der Waals surface area contributed by atoms with Crippen LogP contribution in [-0.4, -0.2) is 61.8 Å². The van der Waals surface area contributed by atoms with Crippen molar-refractivity contribution in [3.8, 4) is 5.75 Å². The SMILES string of the molecule is CCCN(C)CCCCO[C@H]1CC[C@H](N(C)C(=O)Oc2ccc(C(F)(F)F)cc2)CC1. The van der Waals surface area contributed by atoms with E-state index in [2.05, 4.69) is 18.9 Å². The van der Waals surface area contributed by atoms with Crippen molar-refractivity contribution in [2.75, 3.05) is 33.8 Å². The Bertz CT molecular complexity index is 659. The third kappa shape index (κ3) is 8.69. The number of ether oxygens (including phenoxy) is 2. The normalized spacial score (nSPS) is 19.5. The lowest BCUT2D eigenvalue weighted by Gasteiger charge is -2.34. The van der Waals surface area contributed by atoms with Crippen LogP contribution in [-0.2, 0) is 10.9 Å². The first-order valence-corrected chi connectivity index (χ1v) is 11.1. The van der Waals surface area contributed by atoms with Crippen molar-refractivity contribution < 1.29 is 27.4 Å². The van der Waals surface area contributed by atoms with Crippen molar-refractivity contribution in [2.45, 2.75) is 70.2 Å². The summed E-state index contributed by atoms with van der Waals surface area (Å²) in [4.78, 5) is 16.2. The molecular formula is C23H35F3N2O3. The van der Waals surface area contributed by atoms with Crippen molar-refractivity contribution in [1.82, 2.24) is 9.80 Å². The zero-order valence-corrected chi connectivity index (χ0v) is 18.8. The highest BCUT2D eigenvalue weighted by atomic mass is 19.4. The Hall–Kier alpha value is -1.80. The molecule has 0 radical (unpaired) electrons. The summed E-state index contributed by atoms with van der Waals surface area (Å²) in [5.41, 5.74) is -0.771. The van der Waals surface area contributed by atoms with E-state index in [1.54, 1.807) is 7.05 Å². The van der Waals surface area contributed by atoms with Gasteiger partial charge in [-0.2, -0.15) is 13.2 Å². The number of hydrogen-bond donors (Lipinski definition) is 0. The molecular weight excluding hydrogens is 409 g/mol. The first-order valence-electron chi connectivity index (χ1n) is 11.1. The maximum atomic E-state index is 12.6. The summed E-state index contributed by atoms with van der Waals surface area (Å²) in [6.07, 6.45) is 2.03. The maximum absolute atomic E-state index is 12.6. The van der Waals surface area contributed by atoms with Crippen molar-refractivity contribution in [2.24, 2.45) is 0 Å². The third-order valence-corrected chi connectivity index (χ3v) is 5.76. The molecule has 1 aromatic rings. The van der Waals surface area contributed by atoms with Gasteiger partial charge in [0.25, 0.3) is 0 Å². The lowest BCUT2D eigenvalue weighted by atomic mass is 9.92. The highest BCUT2D eigenvalue weighted by molar-refractivity contribution is 5.70. The molecule has 0 N–H and O–H groups in total. The number of halogens is 3. The molecule has 8 heteroatoms. The van der Waals surface area contributed by atoms with E-state index >= 15 is 0 Å². The Labute approximate surface area is 183 Å². The summed E-state index contributed by atoms with van der Waals surface area (Å²) in [5, 5.41) is 0. The molecule has 0 spiro atoms. The largest absolute Gasteiger partial charge is 0.416 e. The molecule has 1 aliphatic rings. The Kier molecular flexibility index (Phi) is 10.1. The van der Waals surface area contributed by atoms with Crippen molar-refractivity contribution in [3.05, 3.63) is 29.8 Å². The van der Waals surface area contributed by atoms with E-state index in [0.717, 1.165) is 70.4 Å². The summed E-state index contributed by atoms with van der Waals surface area (Å²) < 4.78 is 49.1. The van der Waals surface area contributed by atoms with Crippen LogP contribution in [0.5, 0.6) is 5.75 Å². The van der Waals surface area contributed by atoms with Crippen LogP contribution >= 0.6 is 0 Å². The summed E-state index contributed by atoms with van der Waals surface area (Å²) >= 11 is 0. The second-order valence-corrected chi connectivity index (χ2v) is 8.31. The van der Waals surface area contributed by atoms with Crippen molar-refractivity contribution in [1.29, 1.82) is 0 Å². The molecule has 0 heterocycles. The van der Waals surface area contributed by atoms with Gasteiger partial charge in [0.1, 0.15) is 5.75 Å². The van der Waals surface area contributed by atoms with E-state index in [-0.39, 0.29) is 17.9 Å². The van der Waals surface area contributed by atoms with Crippen LogP contribution in [0.4, 0.5) is 18.0 Å². The Morgan fingerprint density at radius 1 is 1.03 bits per heavy atom. The minimum absolute atomic E-state index is 0.0458. The number of nitrogens with zero attached hydrogens (tertiary/aromatic N) is 2. The average molecular weight is 445 g/mol. The fraction of sp³-hybridized carbons (Fsp3) is 0.696. The van der Waals surface area contributed by atoms with Gasteiger partial charge in [-0.25, -0.2) is 4.79 Å². The highest BCUT2D eigenvalue weighted by Gasteiger charge is 2.31. The zero-order valence-electron chi connectivity index (χ0n) is 18.8. The molecule has 0 atom stereocenters. The first kappa shape index (κ1) is 25.5. The fourth-order valence-corrected chi connectivity index (χ4v) is 3.86. The summed E-state index contributed by atoms with van der Waals surface area (Å²) in [7, 11) is 3.82. The molecule has 0 aliphatic heterocycles. The van der Waals surface area contributed by atoms with E-state index in [1.165, 1.54) is 23.5 Å². The third-order valence-electron chi connectivity index (χ3n) is 5.76. The number of alkyl halides is 3. The van der Waals surface area contributed by atoms with Gasteiger partial charge in [-0.05, 0) is 89.3 Å². The number of carbonyl (C=O) groups is 1. The second-order valence-electron chi connectivity index (χ2n) is 8.31. The number of amides is 1. The molecule has 31 heavy (non-hydrogen) atoms. The molecule has 2 rings (SSSR count). The molecule has 0 unspecified atom stereocenters. The van der Waals surface area contributed by atoms with Crippen LogP contribution < -0.4 is 4.74 Å². The summed E-state index contributed by atoms with van der Waals surface area (Å²) in [5.74, 6) is 0.103. The average Bonchev–Trinajstić information content (AvgIpc) is 2.73. The number of unbranched alkanes of at least 4 members (excludes halogenated alkanes) is 1. The first-order chi connectivity index (χ1) is 14.7. The van der Waals surface area contributed by atoms with Gasteiger partial charge in [0.15, 0.2) is 0 Å². The van der Waals surface area contributed by atoms with E-state index in [1.807, 2.05) is 0 Å². The van der Waals surface area contributed by atoms with E-state index in [9.17, 15) is 18.0 Å². The quantitative estimate of drug-likeness (QED) is 0.442. The Morgan fingerprint density at radius 3 is 2.26 bits per heavy atom. The fourth-order valence-electron chi connectivity index (χ4n) is 3.86. The molecule has 0 bridgehead atoms. The van der Waals surface area contributed by atoms with Crippen LogP contribution in [0.3, 0.4) is 0 Å². The standard InChI is InChI=1S/C23H35F3N2O3/c1-4-15-27(2)16-5-6-17-30-20-13-9-19(10-14-20)28(3)22(29)31-21-11-7-18(8-12-21)23(24,25)26/h7-8,11-12,19-20H,4-6,9-10,13-17H2,1-3H3/t19-,20-.